The van der Waals surface area contributed by atoms with E-state index in [4.69, 9.17) is 0 Å². The number of halogens is 1. The van der Waals surface area contributed by atoms with E-state index in [-0.39, 0.29) is 17.9 Å². The van der Waals surface area contributed by atoms with Crippen molar-refractivity contribution in [3.63, 3.8) is 0 Å². The Bertz CT molecular complexity index is 912. The number of benzene rings is 1. The molecule has 0 aliphatic carbocycles. The van der Waals surface area contributed by atoms with E-state index in [2.05, 4.69) is 25.5 Å². The highest BCUT2D eigenvalue weighted by atomic mass is 19.1. The van der Waals surface area contributed by atoms with Crippen LogP contribution in [0.3, 0.4) is 0 Å². The summed E-state index contributed by atoms with van der Waals surface area (Å²) in [6.45, 7) is 4.17. The van der Waals surface area contributed by atoms with Gasteiger partial charge in [0.2, 0.25) is 5.95 Å². The van der Waals surface area contributed by atoms with Crippen molar-refractivity contribution in [1.29, 1.82) is 0 Å². The van der Waals surface area contributed by atoms with Crippen LogP contribution in [0.25, 0.3) is 0 Å². The maximum Gasteiger partial charge on any atom is 0.252 e. The fraction of sp³-hybridized carbons (Fsp3) is 0.278. The summed E-state index contributed by atoms with van der Waals surface area (Å²) < 4.78 is 13.7. The molecule has 2 heterocycles. The molecular formula is C18H20FN5O. The number of hydrogen-bond acceptors (Lipinski definition) is 4. The Morgan fingerprint density at radius 2 is 2.00 bits per heavy atom. The molecule has 0 saturated carbocycles. The average Bonchev–Trinajstić information content (AvgIpc) is 2.90. The lowest BCUT2D eigenvalue weighted by molar-refractivity contribution is 0.612. The lowest BCUT2D eigenvalue weighted by Gasteiger charge is -2.08. The van der Waals surface area contributed by atoms with E-state index in [1.165, 1.54) is 12.1 Å². The Labute approximate surface area is 144 Å². The van der Waals surface area contributed by atoms with Gasteiger partial charge in [-0.25, -0.2) is 9.37 Å². The van der Waals surface area contributed by atoms with Crippen LogP contribution in [0.1, 0.15) is 28.2 Å². The van der Waals surface area contributed by atoms with Crippen LogP contribution < -0.4 is 10.9 Å². The molecule has 130 valence electrons. The minimum Gasteiger partial charge on any atom is -0.352 e. The maximum absolute atomic E-state index is 13.7. The molecule has 0 bridgehead atoms. The normalized spacial score (nSPS) is 10.8. The molecule has 3 aromatic rings. The number of nitrogens with one attached hydrogen (secondary N) is 3. The Kier molecular flexibility index (Phi) is 4.92. The maximum atomic E-state index is 13.7. The van der Waals surface area contributed by atoms with Gasteiger partial charge in [0, 0.05) is 23.9 Å². The molecule has 0 aliphatic rings. The molecule has 25 heavy (non-hydrogen) atoms. The van der Waals surface area contributed by atoms with E-state index in [1.54, 1.807) is 18.2 Å². The highest BCUT2D eigenvalue weighted by molar-refractivity contribution is 5.30. The van der Waals surface area contributed by atoms with E-state index in [0.29, 0.717) is 23.6 Å². The molecule has 0 fully saturated rings. The van der Waals surface area contributed by atoms with Gasteiger partial charge in [-0.05, 0) is 38.3 Å². The summed E-state index contributed by atoms with van der Waals surface area (Å²) in [5, 5.41) is 10.1. The predicted molar refractivity (Wildman–Crippen MR) is 94.1 cm³/mol. The molecule has 7 heteroatoms. The van der Waals surface area contributed by atoms with Gasteiger partial charge < -0.3 is 5.32 Å². The Hall–Kier alpha value is -2.96. The SMILES string of the molecule is Cc1n[nH]c(C)c1CCc1cc(=O)[nH]c(NCc2ccccc2F)n1. The van der Waals surface area contributed by atoms with Gasteiger partial charge in [0.15, 0.2) is 0 Å². The first-order valence-corrected chi connectivity index (χ1v) is 8.11. The summed E-state index contributed by atoms with van der Waals surface area (Å²) in [7, 11) is 0. The second kappa shape index (κ2) is 7.29. The van der Waals surface area contributed by atoms with Gasteiger partial charge >= 0.3 is 0 Å². The van der Waals surface area contributed by atoms with Crippen molar-refractivity contribution >= 4 is 5.95 Å². The van der Waals surface area contributed by atoms with Crippen molar-refractivity contribution in [2.75, 3.05) is 5.32 Å². The Balaban J connectivity index is 1.70. The van der Waals surface area contributed by atoms with Crippen molar-refractivity contribution in [2.45, 2.75) is 33.2 Å². The topological polar surface area (TPSA) is 86.5 Å². The highest BCUT2D eigenvalue weighted by Gasteiger charge is 2.08. The van der Waals surface area contributed by atoms with Crippen LogP contribution in [0.5, 0.6) is 0 Å². The standard InChI is InChI=1S/C18H20FN5O/c1-11-15(12(2)24-23-11)8-7-14-9-17(25)22-18(21-14)20-10-13-5-3-4-6-16(13)19/h3-6,9H,7-8,10H2,1-2H3,(H,23,24)(H2,20,21,22,25). The van der Waals surface area contributed by atoms with Gasteiger partial charge in [0.25, 0.3) is 5.56 Å². The van der Waals surface area contributed by atoms with Gasteiger partial charge in [-0.3, -0.25) is 14.9 Å². The van der Waals surface area contributed by atoms with Gasteiger partial charge in [0.1, 0.15) is 5.82 Å². The monoisotopic (exact) mass is 341 g/mol. The van der Waals surface area contributed by atoms with Gasteiger partial charge in [-0.1, -0.05) is 18.2 Å². The zero-order valence-electron chi connectivity index (χ0n) is 14.2. The fourth-order valence-electron chi connectivity index (χ4n) is 2.74. The number of aromatic amines is 2. The minimum absolute atomic E-state index is 0.235. The summed E-state index contributed by atoms with van der Waals surface area (Å²) in [5.41, 5.74) is 4.09. The fourth-order valence-corrected chi connectivity index (χ4v) is 2.74. The van der Waals surface area contributed by atoms with Crippen LogP contribution in [0, 0.1) is 19.7 Å². The summed E-state index contributed by atoms with van der Waals surface area (Å²) in [5.74, 6) is 0.0470. The van der Waals surface area contributed by atoms with Gasteiger partial charge in [-0.2, -0.15) is 5.10 Å². The van der Waals surface area contributed by atoms with Crippen molar-refractivity contribution in [3.05, 3.63) is 74.7 Å². The van der Waals surface area contributed by atoms with E-state index in [0.717, 1.165) is 23.4 Å². The molecule has 3 rings (SSSR count). The second-order valence-electron chi connectivity index (χ2n) is 5.94. The summed E-state index contributed by atoms with van der Waals surface area (Å²) in [6.07, 6.45) is 1.37. The molecule has 0 saturated heterocycles. The first-order valence-electron chi connectivity index (χ1n) is 8.11. The smallest absolute Gasteiger partial charge is 0.252 e. The lowest BCUT2D eigenvalue weighted by Crippen LogP contribution is -2.15. The molecule has 0 aliphatic heterocycles. The van der Waals surface area contributed by atoms with E-state index in [1.807, 2.05) is 13.8 Å². The lowest BCUT2D eigenvalue weighted by atomic mass is 10.1. The minimum atomic E-state index is -0.292. The van der Waals surface area contributed by atoms with Crippen molar-refractivity contribution in [3.8, 4) is 0 Å². The number of aromatic nitrogens is 4. The van der Waals surface area contributed by atoms with E-state index in [9.17, 15) is 9.18 Å². The summed E-state index contributed by atoms with van der Waals surface area (Å²) in [4.78, 5) is 18.9. The molecule has 3 N–H and O–H groups in total. The molecule has 0 unspecified atom stereocenters. The van der Waals surface area contributed by atoms with Crippen molar-refractivity contribution in [1.82, 2.24) is 20.2 Å². The van der Waals surface area contributed by atoms with Crippen LogP contribution in [-0.2, 0) is 19.4 Å². The van der Waals surface area contributed by atoms with E-state index >= 15 is 0 Å². The van der Waals surface area contributed by atoms with E-state index < -0.39 is 0 Å². The highest BCUT2D eigenvalue weighted by Crippen LogP contribution is 2.13. The molecule has 0 atom stereocenters. The number of rotatable bonds is 6. The Morgan fingerprint density at radius 1 is 1.20 bits per heavy atom. The molecular weight excluding hydrogens is 321 g/mol. The first-order chi connectivity index (χ1) is 12.0. The largest absolute Gasteiger partial charge is 0.352 e. The zero-order chi connectivity index (χ0) is 17.8. The quantitative estimate of drug-likeness (QED) is 0.643. The molecule has 1 aromatic carbocycles. The van der Waals surface area contributed by atoms with Crippen LogP contribution in [0.15, 0.2) is 35.1 Å². The van der Waals surface area contributed by atoms with Crippen LogP contribution >= 0.6 is 0 Å². The molecule has 0 spiro atoms. The third kappa shape index (κ3) is 4.12. The van der Waals surface area contributed by atoms with Gasteiger partial charge in [-0.15, -0.1) is 0 Å². The number of anilines is 1. The third-order valence-electron chi connectivity index (χ3n) is 4.11. The van der Waals surface area contributed by atoms with Crippen LogP contribution in [0.2, 0.25) is 0 Å². The third-order valence-corrected chi connectivity index (χ3v) is 4.11. The molecule has 6 nitrogen and oxygen atoms in total. The summed E-state index contributed by atoms with van der Waals surface area (Å²) >= 11 is 0. The van der Waals surface area contributed by atoms with Gasteiger partial charge in [0.05, 0.1) is 11.4 Å². The zero-order valence-corrected chi connectivity index (χ0v) is 14.2. The number of nitrogens with zero attached hydrogens (tertiary/aromatic N) is 2. The van der Waals surface area contributed by atoms with Crippen LogP contribution in [-0.4, -0.2) is 20.2 Å². The number of aryl methyl sites for hydroxylation is 3. The van der Waals surface area contributed by atoms with Crippen LogP contribution in [0.4, 0.5) is 10.3 Å². The molecule has 2 aromatic heterocycles. The molecule has 0 amide bonds. The average molecular weight is 341 g/mol. The molecule has 0 radical (unpaired) electrons. The van der Waals surface area contributed by atoms with Crippen molar-refractivity contribution in [2.24, 2.45) is 0 Å². The van der Waals surface area contributed by atoms with Crippen molar-refractivity contribution < 1.29 is 4.39 Å². The second-order valence-corrected chi connectivity index (χ2v) is 5.94. The first kappa shape index (κ1) is 16.9. The Morgan fingerprint density at radius 3 is 2.72 bits per heavy atom. The number of hydrogen-bond donors (Lipinski definition) is 3. The predicted octanol–water partition coefficient (Wildman–Crippen LogP) is 2.65. The number of H-pyrrole nitrogens is 2. The summed E-state index contributed by atoms with van der Waals surface area (Å²) in [6, 6.07) is 7.98.